The minimum Gasteiger partial charge on any atom is -0.496 e. The molecule has 3 unspecified atom stereocenters. The summed E-state index contributed by atoms with van der Waals surface area (Å²) in [5.74, 6) is 1.59. The maximum absolute atomic E-state index is 9.70. The van der Waals surface area contributed by atoms with Gasteiger partial charge in [0.2, 0.25) is 0 Å². The highest BCUT2D eigenvalue weighted by atomic mass is 16.5. The first-order chi connectivity index (χ1) is 9.69. The Morgan fingerprint density at radius 1 is 1.35 bits per heavy atom. The molecular formula is C17H27NO2. The molecule has 20 heavy (non-hydrogen) atoms. The van der Waals surface area contributed by atoms with Gasteiger partial charge in [0.15, 0.2) is 0 Å². The summed E-state index contributed by atoms with van der Waals surface area (Å²) in [5, 5.41) is 13.3. The lowest BCUT2D eigenvalue weighted by Gasteiger charge is -2.27. The van der Waals surface area contributed by atoms with Crippen molar-refractivity contribution >= 4 is 0 Å². The number of aliphatic hydroxyl groups excluding tert-OH is 1. The van der Waals surface area contributed by atoms with Gasteiger partial charge in [-0.05, 0) is 56.7 Å². The number of hydrogen-bond acceptors (Lipinski definition) is 3. The minimum absolute atomic E-state index is 0.0833. The molecule has 1 saturated carbocycles. The van der Waals surface area contributed by atoms with Crippen LogP contribution in [-0.2, 0) is 6.42 Å². The molecule has 0 bridgehead atoms. The number of nitrogens with one attached hydrogen (secondary N) is 1. The smallest absolute Gasteiger partial charge is 0.122 e. The standard InChI is InChI=1S/C17H27NO2/c1-13(10-15-7-3-4-9-17(15)20-2)18-12-14-6-5-8-16(19)11-14/h3-4,7,9,13-14,16,18-19H,5-6,8,10-12H2,1-2H3. The first-order valence-electron chi connectivity index (χ1n) is 7.72. The largest absolute Gasteiger partial charge is 0.496 e. The summed E-state index contributed by atoms with van der Waals surface area (Å²) in [7, 11) is 1.72. The van der Waals surface area contributed by atoms with Gasteiger partial charge in [-0.15, -0.1) is 0 Å². The lowest BCUT2D eigenvalue weighted by Crippen LogP contribution is -2.35. The van der Waals surface area contributed by atoms with Crippen molar-refractivity contribution in [2.24, 2.45) is 5.92 Å². The van der Waals surface area contributed by atoms with Gasteiger partial charge in [0.1, 0.15) is 5.75 Å². The molecule has 2 N–H and O–H groups in total. The highest BCUT2D eigenvalue weighted by molar-refractivity contribution is 5.33. The van der Waals surface area contributed by atoms with Crippen LogP contribution in [0.15, 0.2) is 24.3 Å². The summed E-state index contributed by atoms with van der Waals surface area (Å²) in [6.45, 7) is 3.22. The number of methoxy groups -OCH3 is 1. The summed E-state index contributed by atoms with van der Waals surface area (Å²) >= 11 is 0. The zero-order valence-electron chi connectivity index (χ0n) is 12.6. The van der Waals surface area contributed by atoms with Crippen LogP contribution in [0.3, 0.4) is 0 Å². The van der Waals surface area contributed by atoms with E-state index in [1.165, 1.54) is 12.0 Å². The van der Waals surface area contributed by atoms with E-state index < -0.39 is 0 Å². The quantitative estimate of drug-likeness (QED) is 0.840. The van der Waals surface area contributed by atoms with E-state index in [-0.39, 0.29) is 6.10 Å². The normalized spacial score (nSPS) is 24.4. The van der Waals surface area contributed by atoms with Crippen LogP contribution in [0.2, 0.25) is 0 Å². The first-order valence-corrected chi connectivity index (χ1v) is 7.72. The first kappa shape index (κ1) is 15.3. The monoisotopic (exact) mass is 277 g/mol. The Balaban J connectivity index is 1.78. The van der Waals surface area contributed by atoms with E-state index in [1.54, 1.807) is 7.11 Å². The van der Waals surface area contributed by atoms with Gasteiger partial charge in [0.25, 0.3) is 0 Å². The van der Waals surface area contributed by atoms with Gasteiger partial charge in [0.05, 0.1) is 13.2 Å². The van der Waals surface area contributed by atoms with Crippen LogP contribution in [0, 0.1) is 5.92 Å². The zero-order valence-corrected chi connectivity index (χ0v) is 12.6. The van der Waals surface area contributed by atoms with E-state index in [0.717, 1.165) is 38.0 Å². The van der Waals surface area contributed by atoms with Crippen LogP contribution in [-0.4, -0.2) is 30.9 Å². The van der Waals surface area contributed by atoms with Crippen LogP contribution in [0.25, 0.3) is 0 Å². The van der Waals surface area contributed by atoms with Crippen molar-refractivity contribution in [1.82, 2.24) is 5.32 Å². The van der Waals surface area contributed by atoms with Crippen molar-refractivity contribution in [1.29, 1.82) is 0 Å². The number of rotatable bonds is 6. The Bertz CT molecular complexity index is 408. The number of ether oxygens (including phenoxy) is 1. The Morgan fingerprint density at radius 2 is 2.15 bits per heavy atom. The van der Waals surface area contributed by atoms with Crippen LogP contribution in [0.5, 0.6) is 5.75 Å². The molecule has 0 spiro atoms. The maximum Gasteiger partial charge on any atom is 0.122 e. The van der Waals surface area contributed by atoms with Crippen molar-refractivity contribution < 1.29 is 9.84 Å². The SMILES string of the molecule is COc1ccccc1CC(C)NCC1CCCC(O)C1. The molecule has 0 heterocycles. The number of aliphatic hydroxyl groups is 1. The molecule has 1 fully saturated rings. The molecular weight excluding hydrogens is 250 g/mol. The summed E-state index contributed by atoms with van der Waals surface area (Å²) in [5.41, 5.74) is 1.25. The fraction of sp³-hybridized carbons (Fsp3) is 0.647. The van der Waals surface area contributed by atoms with Crippen molar-refractivity contribution in [3.8, 4) is 5.75 Å². The Hall–Kier alpha value is -1.06. The van der Waals surface area contributed by atoms with Crippen LogP contribution in [0.4, 0.5) is 0 Å². The molecule has 0 saturated heterocycles. The summed E-state index contributed by atoms with van der Waals surface area (Å²) in [6, 6.07) is 8.62. The lowest BCUT2D eigenvalue weighted by molar-refractivity contribution is 0.0998. The molecule has 1 aromatic carbocycles. The Labute approximate surface area is 122 Å². The molecule has 2 rings (SSSR count). The molecule has 0 aromatic heterocycles. The fourth-order valence-corrected chi connectivity index (χ4v) is 3.09. The number of para-hydroxylation sites is 1. The van der Waals surface area contributed by atoms with Gasteiger partial charge in [-0.3, -0.25) is 0 Å². The van der Waals surface area contributed by atoms with Gasteiger partial charge in [0, 0.05) is 6.04 Å². The summed E-state index contributed by atoms with van der Waals surface area (Å²) < 4.78 is 5.39. The number of benzene rings is 1. The molecule has 0 aliphatic heterocycles. The van der Waals surface area contributed by atoms with Gasteiger partial charge in [-0.2, -0.15) is 0 Å². The average Bonchev–Trinajstić information content (AvgIpc) is 2.46. The molecule has 3 atom stereocenters. The van der Waals surface area contributed by atoms with Gasteiger partial charge < -0.3 is 15.2 Å². The molecule has 0 radical (unpaired) electrons. The van der Waals surface area contributed by atoms with E-state index >= 15 is 0 Å². The minimum atomic E-state index is -0.0833. The van der Waals surface area contributed by atoms with E-state index in [1.807, 2.05) is 12.1 Å². The van der Waals surface area contributed by atoms with Crippen molar-refractivity contribution in [3.63, 3.8) is 0 Å². The second kappa shape index (κ2) is 7.65. The topological polar surface area (TPSA) is 41.5 Å². The Kier molecular flexibility index (Phi) is 5.86. The molecule has 3 heteroatoms. The summed E-state index contributed by atoms with van der Waals surface area (Å²) in [4.78, 5) is 0. The van der Waals surface area contributed by atoms with Crippen molar-refractivity contribution in [2.75, 3.05) is 13.7 Å². The van der Waals surface area contributed by atoms with Crippen molar-refractivity contribution in [3.05, 3.63) is 29.8 Å². The van der Waals surface area contributed by atoms with Crippen LogP contribution in [0.1, 0.15) is 38.2 Å². The molecule has 3 nitrogen and oxygen atoms in total. The van der Waals surface area contributed by atoms with E-state index in [4.69, 9.17) is 4.74 Å². The average molecular weight is 277 g/mol. The van der Waals surface area contributed by atoms with Gasteiger partial charge >= 0.3 is 0 Å². The molecule has 0 amide bonds. The van der Waals surface area contributed by atoms with Gasteiger partial charge in [-0.25, -0.2) is 0 Å². The third kappa shape index (κ3) is 4.50. The highest BCUT2D eigenvalue weighted by Crippen LogP contribution is 2.24. The second-order valence-corrected chi connectivity index (χ2v) is 6.01. The van der Waals surface area contributed by atoms with Crippen molar-refractivity contribution in [2.45, 2.75) is 51.2 Å². The van der Waals surface area contributed by atoms with Crippen LogP contribution >= 0.6 is 0 Å². The fourth-order valence-electron chi connectivity index (χ4n) is 3.09. The molecule has 1 aromatic rings. The predicted molar refractivity (Wildman–Crippen MR) is 82.1 cm³/mol. The van der Waals surface area contributed by atoms with Gasteiger partial charge in [-0.1, -0.05) is 24.6 Å². The van der Waals surface area contributed by atoms with E-state index in [2.05, 4.69) is 24.4 Å². The molecule has 1 aliphatic carbocycles. The zero-order chi connectivity index (χ0) is 14.4. The van der Waals surface area contributed by atoms with E-state index in [9.17, 15) is 5.11 Å². The summed E-state index contributed by atoms with van der Waals surface area (Å²) in [6.07, 6.45) is 5.22. The third-order valence-corrected chi connectivity index (χ3v) is 4.23. The molecule has 112 valence electrons. The number of hydrogen-bond donors (Lipinski definition) is 2. The highest BCUT2D eigenvalue weighted by Gasteiger charge is 2.20. The Morgan fingerprint density at radius 3 is 2.90 bits per heavy atom. The van der Waals surface area contributed by atoms with Crippen LogP contribution < -0.4 is 10.1 Å². The molecule has 1 aliphatic rings. The lowest BCUT2D eigenvalue weighted by atomic mass is 9.87. The third-order valence-electron chi connectivity index (χ3n) is 4.23. The van der Waals surface area contributed by atoms with E-state index in [0.29, 0.717) is 12.0 Å². The second-order valence-electron chi connectivity index (χ2n) is 6.01. The predicted octanol–water partition coefficient (Wildman–Crippen LogP) is 2.77. The maximum atomic E-state index is 9.70.